The van der Waals surface area contributed by atoms with Crippen molar-refractivity contribution in [2.45, 2.75) is 52.1 Å². The molecular weight excluding hydrogens is 258 g/mol. The molecule has 0 aromatic heterocycles. The van der Waals surface area contributed by atoms with Crippen LogP contribution >= 0.6 is 0 Å². The maximum Gasteiger partial charge on any atom is 0.315 e. The van der Waals surface area contributed by atoms with E-state index < -0.39 is 16.9 Å². The number of carbonyl (C=O) groups excluding carboxylic acids is 1. The lowest BCUT2D eigenvalue weighted by Crippen LogP contribution is -2.60. The fraction of sp³-hybridized carbons (Fsp3) is 0.857. The summed E-state index contributed by atoms with van der Waals surface area (Å²) in [7, 11) is 2.03. The minimum Gasteiger partial charge on any atom is -0.481 e. The largest absolute Gasteiger partial charge is 0.481 e. The van der Waals surface area contributed by atoms with E-state index in [0.29, 0.717) is 0 Å². The van der Waals surface area contributed by atoms with Crippen molar-refractivity contribution in [3.63, 3.8) is 0 Å². The first kappa shape index (κ1) is 16.8. The van der Waals surface area contributed by atoms with E-state index in [1.807, 2.05) is 7.05 Å². The normalized spacial score (nSPS) is 21.4. The van der Waals surface area contributed by atoms with Crippen LogP contribution in [0.1, 0.15) is 40.5 Å². The molecule has 1 saturated heterocycles. The van der Waals surface area contributed by atoms with E-state index in [9.17, 15) is 14.7 Å². The van der Waals surface area contributed by atoms with E-state index in [1.54, 1.807) is 27.7 Å². The van der Waals surface area contributed by atoms with Crippen LogP contribution in [-0.4, -0.2) is 53.7 Å². The van der Waals surface area contributed by atoms with Crippen LogP contribution < -0.4 is 10.6 Å². The average molecular weight is 285 g/mol. The maximum absolute atomic E-state index is 12.1. The zero-order valence-electron chi connectivity index (χ0n) is 13.1. The Hall–Kier alpha value is -1.30. The van der Waals surface area contributed by atoms with E-state index in [-0.39, 0.29) is 12.1 Å². The van der Waals surface area contributed by atoms with Crippen LogP contribution in [0, 0.1) is 5.41 Å². The van der Waals surface area contributed by atoms with Crippen molar-refractivity contribution in [1.82, 2.24) is 15.5 Å². The average Bonchev–Trinajstić information content (AvgIpc) is 2.27. The van der Waals surface area contributed by atoms with Crippen molar-refractivity contribution >= 4 is 12.0 Å². The number of nitrogens with zero attached hydrogens (tertiary/aromatic N) is 1. The molecule has 0 aliphatic carbocycles. The lowest BCUT2D eigenvalue weighted by Gasteiger charge is -2.39. The van der Waals surface area contributed by atoms with Crippen LogP contribution in [-0.2, 0) is 4.79 Å². The van der Waals surface area contributed by atoms with Crippen molar-refractivity contribution in [3.05, 3.63) is 0 Å². The van der Waals surface area contributed by atoms with E-state index >= 15 is 0 Å². The third kappa shape index (κ3) is 3.85. The molecule has 6 heteroatoms. The third-order valence-corrected chi connectivity index (χ3v) is 4.48. The van der Waals surface area contributed by atoms with Gasteiger partial charge >= 0.3 is 12.0 Å². The molecule has 3 N–H and O–H groups in total. The number of aliphatic carboxylic acids is 1. The fourth-order valence-electron chi connectivity index (χ4n) is 2.21. The Morgan fingerprint density at radius 3 is 2.35 bits per heavy atom. The molecule has 1 atom stereocenters. The number of nitrogens with one attached hydrogen (secondary N) is 2. The van der Waals surface area contributed by atoms with Crippen molar-refractivity contribution < 1.29 is 14.7 Å². The van der Waals surface area contributed by atoms with Crippen molar-refractivity contribution in [2.24, 2.45) is 5.41 Å². The summed E-state index contributed by atoms with van der Waals surface area (Å²) in [6, 6.07) is -0.179. The Labute approximate surface area is 120 Å². The highest BCUT2D eigenvalue weighted by atomic mass is 16.4. The van der Waals surface area contributed by atoms with Crippen LogP contribution in [0.25, 0.3) is 0 Å². The van der Waals surface area contributed by atoms with Crippen LogP contribution in [0.2, 0.25) is 0 Å². The van der Waals surface area contributed by atoms with Gasteiger partial charge in [0.25, 0.3) is 0 Å². The molecule has 6 nitrogen and oxygen atoms in total. The summed E-state index contributed by atoms with van der Waals surface area (Å²) in [4.78, 5) is 25.6. The highest BCUT2D eigenvalue weighted by Gasteiger charge is 2.44. The number of carboxylic acid groups (broad SMARTS) is 1. The van der Waals surface area contributed by atoms with Crippen LogP contribution in [0.4, 0.5) is 4.79 Å². The summed E-state index contributed by atoms with van der Waals surface area (Å²) in [5, 5.41) is 15.0. The van der Waals surface area contributed by atoms with Gasteiger partial charge in [-0.05, 0) is 54.1 Å². The highest BCUT2D eigenvalue weighted by molar-refractivity contribution is 5.79. The van der Waals surface area contributed by atoms with Gasteiger partial charge in [-0.25, -0.2) is 4.79 Å². The molecule has 0 radical (unpaired) electrons. The molecular formula is C14H27N3O3. The first-order valence-electron chi connectivity index (χ1n) is 7.07. The first-order valence-corrected chi connectivity index (χ1v) is 7.07. The molecule has 20 heavy (non-hydrogen) atoms. The molecule has 1 fully saturated rings. The number of urea groups is 1. The minimum atomic E-state index is -1.05. The molecule has 0 aromatic rings. The van der Waals surface area contributed by atoms with E-state index in [2.05, 4.69) is 15.5 Å². The number of carbonyl (C=O) groups is 2. The minimum absolute atomic E-state index is 0.123. The molecule has 0 saturated carbocycles. The number of carboxylic acids is 1. The van der Waals surface area contributed by atoms with Gasteiger partial charge in [0.1, 0.15) is 0 Å². The number of hydrogen-bond acceptors (Lipinski definition) is 3. The van der Waals surface area contributed by atoms with Gasteiger partial charge in [-0.3, -0.25) is 4.79 Å². The smallest absolute Gasteiger partial charge is 0.315 e. The number of piperidine rings is 1. The van der Waals surface area contributed by atoms with Gasteiger partial charge in [0.2, 0.25) is 0 Å². The zero-order valence-corrected chi connectivity index (χ0v) is 13.1. The van der Waals surface area contributed by atoms with Gasteiger partial charge < -0.3 is 20.6 Å². The molecule has 1 unspecified atom stereocenters. The Bertz CT molecular complexity index is 380. The standard InChI is InChI=1S/C14H27N3O3/c1-13(2,11(18)19)14(3,4)16-12(20)15-10-7-6-8-17(5)9-10/h10H,6-9H2,1-5H3,(H,18,19)(H2,15,16,20). The van der Waals surface area contributed by atoms with Crippen molar-refractivity contribution in [3.8, 4) is 0 Å². The zero-order chi connectivity index (χ0) is 15.6. The van der Waals surface area contributed by atoms with Gasteiger partial charge in [-0.1, -0.05) is 0 Å². The second kappa shape index (κ2) is 5.99. The summed E-state index contributed by atoms with van der Waals surface area (Å²) in [6.45, 7) is 8.57. The third-order valence-electron chi connectivity index (χ3n) is 4.48. The first-order chi connectivity index (χ1) is 9.06. The van der Waals surface area contributed by atoms with Crippen LogP contribution in [0.3, 0.4) is 0 Å². The topological polar surface area (TPSA) is 81.7 Å². The van der Waals surface area contributed by atoms with Gasteiger partial charge in [-0.2, -0.15) is 0 Å². The van der Waals surface area contributed by atoms with Crippen LogP contribution in [0.5, 0.6) is 0 Å². The van der Waals surface area contributed by atoms with Crippen LogP contribution in [0.15, 0.2) is 0 Å². The molecule has 1 aliphatic rings. The second-order valence-corrected chi connectivity index (χ2v) is 6.76. The summed E-state index contributed by atoms with van der Waals surface area (Å²) < 4.78 is 0. The summed E-state index contributed by atoms with van der Waals surface area (Å²) in [6.07, 6.45) is 2.02. The summed E-state index contributed by atoms with van der Waals surface area (Å²) in [5.74, 6) is -0.930. The molecule has 1 rings (SSSR count). The number of likely N-dealkylation sites (tertiary alicyclic amines) is 1. The van der Waals surface area contributed by atoms with Gasteiger partial charge in [0.05, 0.1) is 11.0 Å². The van der Waals surface area contributed by atoms with E-state index in [0.717, 1.165) is 25.9 Å². The summed E-state index contributed by atoms with van der Waals surface area (Å²) in [5.41, 5.74) is -1.89. The van der Waals surface area contributed by atoms with E-state index in [1.165, 1.54) is 0 Å². The van der Waals surface area contributed by atoms with E-state index in [4.69, 9.17) is 0 Å². The number of amides is 2. The molecule has 0 spiro atoms. The molecule has 0 bridgehead atoms. The lowest BCUT2D eigenvalue weighted by molar-refractivity contribution is -0.150. The quantitative estimate of drug-likeness (QED) is 0.726. The van der Waals surface area contributed by atoms with Gasteiger partial charge in [-0.15, -0.1) is 0 Å². The molecule has 1 heterocycles. The Balaban J connectivity index is 2.59. The molecule has 2 amide bonds. The second-order valence-electron chi connectivity index (χ2n) is 6.76. The Kier molecular flexibility index (Phi) is 5.02. The predicted molar refractivity (Wildman–Crippen MR) is 77.7 cm³/mol. The molecule has 116 valence electrons. The van der Waals surface area contributed by atoms with Gasteiger partial charge in [0, 0.05) is 12.6 Å². The number of hydrogen-bond donors (Lipinski definition) is 3. The van der Waals surface area contributed by atoms with Crippen molar-refractivity contribution in [1.29, 1.82) is 0 Å². The molecule has 0 aromatic carbocycles. The number of likely N-dealkylation sites (N-methyl/N-ethyl adjacent to an activating group) is 1. The SMILES string of the molecule is CN1CCCC(NC(=O)NC(C)(C)C(C)(C)C(=O)O)C1. The summed E-state index contributed by atoms with van der Waals surface area (Å²) >= 11 is 0. The maximum atomic E-state index is 12.1. The fourth-order valence-corrected chi connectivity index (χ4v) is 2.21. The Morgan fingerprint density at radius 2 is 1.85 bits per heavy atom. The monoisotopic (exact) mass is 285 g/mol. The highest BCUT2D eigenvalue weighted by Crippen LogP contribution is 2.30. The Morgan fingerprint density at radius 1 is 1.25 bits per heavy atom. The predicted octanol–water partition coefficient (Wildman–Crippen LogP) is 1.27. The molecule has 1 aliphatic heterocycles. The van der Waals surface area contributed by atoms with Gasteiger partial charge in [0.15, 0.2) is 0 Å². The lowest BCUT2D eigenvalue weighted by atomic mass is 9.74. The number of rotatable bonds is 4. The van der Waals surface area contributed by atoms with Crippen molar-refractivity contribution in [2.75, 3.05) is 20.1 Å².